The van der Waals surface area contributed by atoms with E-state index in [1.54, 1.807) is 11.8 Å². The minimum Gasteiger partial charge on any atom is -0.355 e. The van der Waals surface area contributed by atoms with Crippen LogP contribution in [-0.2, 0) is 4.79 Å². The van der Waals surface area contributed by atoms with Crippen LogP contribution in [-0.4, -0.2) is 38.8 Å². The molecule has 1 amide bonds. The second kappa shape index (κ2) is 9.66. The summed E-state index contributed by atoms with van der Waals surface area (Å²) >= 11 is 3.00. The number of nitrogens with one attached hydrogen (secondary N) is 1. The highest BCUT2D eigenvalue weighted by Gasteiger charge is 2.13. The molecule has 0 unspecified atom stereocenters. The van der Waals surface area contributed by atoms with Crippen LogP contribution < -0.4 is 11.2 Å². The number of hydrogen-bond donors (Lipinski definition) is 2. The molecule has 0 fully saturated rings. The molecule has 1 aromatic heterocycles. The van der Waals surface area contributed by atoms with E-state index in [0.717, 1.165) is 11.3 Å². The van der Waals surface area contributed by atoms with E-state index >= 15 is 0 Å². The molecule has 0 spiro atoms. The van der Waals surface area contributed by atoms with Gasteiger partial charge in [0.15, 0.2) is 5.82 Å². The number of carbonyl (C=O) groups is 1. The fraction of sp³-hybridized carbons (Fsp3) is 0.250. The molecule has 3 N–H and O–H groups in total. The van der Waals surface area contributed by atoms with Crippen molar-refractivity contribution in [1.82, 2.24) is 20.2 Å². The zero-order valence-electron chi connectivity index (χ0n) is 15.9. The number of nitrogens with two attached hydrogens (primary N) is 1. The molecule has 0 saturated heterocycles. The van der Waals surface area contributed by atoms with Crippen LogP contribution in [0.2, 0.25) is 0 Å². The molecule has 6 nitrogen and oxygen atoms in total. The number of nitrogens with zero attached hydrogens (tertiary/aromatic N) is 3. The number of carbonyl (C=O) groups excluding carboxylic acids is 1. The Morgan fingerprint density at radius 1 is 1.00 bits per heavy atom. The Hall–Kier alpha value is -2.45. The van der Waals surface area contributed by atoms with E-state index in [1.165, 1.54) is 32.5 Å². The van der Waals surface area contributed by atoms with Gasteiger partial charge in [0.05, 0.1) is 5.75 Å². The van der Waals surface area contributed by atoms with Crippen molar-refractivity contribution < 1.29 is 4.79 Å². The molecule has 28 heavy (non-hydrogen) atoms. The maximum Gasteiger partial charge on any atom is 0.230 e. The summed E-state index contributed by atoms with van der Waals surface area (Å²) in [4.78, 5) is 13.3. The molecule has 0 aliphatic heterocycles. The van der Waals surface area contributed by atoms with Crippen molar-refractivity contribution in [3.63, 3.8) is 0 Å². The monoisotopic (exact) mass is 413 g/mol. The van der Waals surface area contributed by atoms with Crippen LogP contribution in [0.5, 0.6) is 0 Å². The van der Waals surface area contributed by atoms with Gasteiger partial charge in [0, 0.05) is 22.8 Å². The van der Waals surface area contributed by atoms with E-state index in [9.17, 15) is 4.79 Å². The number of aryl methyl sites for hydroxylation is 2. The van der Waals surface area contributed by atoms with Crippen LogP contribution >= 0.6 is 23.5 Å². The Kier molecular flexibility index (Phi) is 7.00. The van der Waals surface area contributed by atoms with E-state index in [4.69, 9.17) is 5.84 Å². The van der Waals surface area contributed by atoms with Gasteiger partial charge in [0.1, 0.15) is 0 Å². The molecule has 0 aliphatic rings. The first-order valence-corrected chi connectivity index (χ1v) is 10.9. The number of nitrogen functional groups attached to an aromatic ring is 1. The Morgan fingerprint density at radius 2 is 1.64 bits per heavy atom. The number of aromatic nitrogens is 3. The first kappa shape index (κ1) is 20.3. The van der Waals surface area contributed by atoms with Crippen LogP contribution in [0.1, 0.15) is 11.1 Å². The van der Waals surface area contributed by atoms with Gasteiger partial charge in [-0.25, -0.2) is 4.68 Å². The zero-order valence-corrected chi connectivity index (χ0v) is 17.5. The molecule has 0 radical (unpaired) electrons. The third kappa shape index (κ3) is 5.53. The Labute approximate surface area is 173 Å². The Bertz CT molecular complexity index is 923. The predicted molar refractivity (Wildman–Crippen MR) is 116 cm³/mol. The first-order chi connectivity index (χ1) is 13.5. The first-order valence-electron chi connectivity index (χ1n) is 8.89. The van der Waals surface area contributed by atoms with Crippen molar-refractivity contribution >= 4 is 29.4 Å². The molecular formula is C20H23N5OS2. The van der Waals surface area contributed by atoms with Gasteiger partial charge in [-0.05, 0) is 26.0 Å². The predicted octanol–water partition coefficient (Wildman–Crippen LogP) is 3.28. The third-order valence-corrected chi connectivity index (χ3v) is 5.98. The molecule has 0 aliphatic carbocycles. The number of thioether (sulfide) groups is 2. The SMILES string of the molecule is Cc1ccc(SCCNC(=O)CSc2nnc(-c3ccc(C)cc3)n2N)cc1. The quantitative estimate of drug-likeness (QED) is 0.335. The Morgan fingerprint density at radius 3 is 2.32 bits per heavy atom. The summed E-state index contributed by atoms with van der Waals surface area (Å²) in [5, 5.41) is 11.7. The van der Waals surface area contributed by atoms with Gasteiger partial charge in [-0.1, -0.05) is 59.3 Å². The van der Waals surface area contributed by atoms with Crippen molar-refractivity contribution in [1.29, 1.82) is 0 Å². The molecule has 0 saturated carbocycles. The molecule has 1 heterocycles. The lowest BCUT2D eigenvalue weighted by Gasteiger charge is -2.06. The fourth-order valence-electron chi connectivity index (χ4n) is 2.45. The fourth-order valence-corrected chi connectivity index (χ4v) is 3.90. The molecule has 2 aromatic carbocycles. The van der Waals surface area contributed by atoms with Crippen LogP contribution in [0.3, 0.4) is 0 Å². The highest BCUT2D eigenvalue weighted by atomic mass is 32.2. The topological polar surface area (TPSA) is 85.8 Å². The van der Waals surface area contributed by atoms with E-state index in [1.807, 2.05) is 31.2 Å². The van der Waals surface area contributed by atoms with Gasteiger partial charge in [-0.2, -0.15) is 0 Å². The largest absolute Gasteiger partial charge is 0.355 e. The minimum absolute atomic E-state index is 0.0469. The second-order valence-electron chi connectivity index (χ2n) is 6.34. The smallest absolute Gasteiger partial charge is 0.230 e. The van der Waals surface area contributed by atoms with Crippen molar-refractivity contribution in [2.45, 2.75) is 23.9 Å². The summed E-state index contributed by atoms with van der Waals surface area (Å²) in [6.45, 7) is 4.70. The van der Waals surface area contributed by atoms with E-state index in [-0.39, 0.29) is 11.7 Å². The van der Waals surface area contributed by atoms with Gasteiger partial charge < -0.3 is 11.2 Å². The van der Waals surface area contributed by atoms with Crippen molar-refractivity contribution in [2.75, 3.05) is 23.9 Å². The summed E-state index contributed by atoms with van der Waals surface area (Å²) in [6, 6.07) is 16.3. The Balaban J connectivity index is 1.43. The van der Waals surface area contributed by atoms with Crippen molar-refractivity contribution in [2.24, 2.45) is 0 Å². The molecule has 0 bridgehead atoms. The van der Waals surface area contributed by atoms with Gasteiger partial charge in [0.25, 0.3) is 0 Å². The second-order valence-corrected chi connectivity index (χ2v) is 8.45. The van der Waals surface area contributed by atoms with E-state index in [0.29, 0.717) is 17.5 Å². The van der Waals surface area contributed by atoms with Crippen LogP contribution in [0.4, 0.5) is 0 Å². The average Bonchev–Trinajstić information content (AvgIpc) is 3.06. The normalized spacial score (nSPS) is 10.8. The van der Waals surface area contributed by atoms with Gasteiger partial charge >= 0.3 is 0 Å². The summed E-state index contributed by atoms with van der Waals surface area (Å²) in [6.07, 6.45) is 0. The van der Waals surface area contributed by atoms with Gasteiger partial charge in [0.2, 0.25) is 11.1 Å². The maximum atomic E-state index is 12.1. The van der Waals surface area contributed by atoms with Crippen molar-refractivity contribution in [3.05, 3.63) is 59.7 Å². The lowest BCUT2D eigenvalue weighted by Crippen LogP contribution is -2.27. The molecule has 3 aromatic rings. The minimum atomic E-state index is -0.0469. The molecule has 146 valence electrons. The van der Waals surface area contributed by atoms with E-state index < -0.39 is 0 Å². The zero-order chi connectivity index (χ0) is 19.9. The summed E-state index contributed by atoms with van der Waals surface area (Å²) in [5.41, 5.74) is 3.30. The standard InChI is InChI=1S/C20H23N5OS2/c1-14-3-7-16(8-4-14)19-23-24-20(25(19)21)28-13-18(26)22-11-12-27-17-9-5-15(2)6-10-17/h3-10H,11-13,21H2,1-2H3,(H,22,26). The highest BCUT2D eigenvalue weighted by Crippen LogP contribution is 2.22. The van der Waals surface area contributed by atoms with Gasteiger partial charge in [-0.3, -0.25) is 4.79 Å². The van der Waals surface area contributed by atoms with Crippen LogP contribution in [0.25, 0.3) is 11.4 Å². The van der Waals surface area contributed by atoms with E-state index in [2.05, 4.69) is 46.7 Å². The summed E-state index contributed by atoms with van der Waals surface area (Å²) in [5.74, 6) is 7.70. The molecular weight excluding hydrogens is 390 g/mol. The summed E-state index contributed by atoms with van der Waals surface area (Å²) < 4.78 is 1.43. The number of amides is 1. The molecule has 8 heteroatoms. The average molecular weight is 414 g/mol. The lowest BCUT2D eigenvalue weighted by molar-refractivity contribution is -0.118. The van der Waals surface area contributed by atoms with Gasteiger partial charge in [-0.15, -0.1) is 22.0 Å². The highest BCUT2D eigenvalue weighted by molar-refractivity contribution is 7.99. The maximum absolute atomic E-state index is 12.1. The summed E-state index contributed by atoms with van der Waals surface area (Å²) in [7, 11) is 0. The lowest BCUT2D eigenvalue weighted by atomic mass is 10.1. The van der Waals surface area contributed by atoms with Crippen LogP contribution in [0, 0.1) is 13.8 Å². The number of hydrogen-bond acceptors (Lipinski definition) is 6. The number of benzene rings is 2. The molecule has 3 rings (SSSR count). The van der Waals surface area contributed by atoms with Crippen LogP contribution in [0.15, 0.2) is 58.6 Å². The van der Waals surface area contributed by atoms with Crippen molar-refractivity contribution in [3.8, 4) is 11.4 Å². The number of rotatable bonds is 8. The third-order valence-electron chi connectivity index (χ3n) is 4.02. The molecule has 0 atom stereocenters.